The highest BCUT2D eigenvalue weighted by atomic mass is 32.1. The molecule has 10 heteroatoms. The third-order valence-electron chi connectivity index (χ3n) is 5.23. The number of para-hydroxylation sites is 1. The van der Waals surface area contributed by atoms with E-state index in [1.807, 2.05) is 43.3 Å². The lowest BCUT2D eigenvalue weighted by Gasteiger charge is -2.09. The summed E-state index contributed by atoms with van der Waals surface area (Å²) < 4.78 is 42.0. The lowest BCUT2D eigenvalue weighted by Crippen LogP contribution is -2.19. The van der Waals surface area contributed by atoms with Gasteiger partial charge in [0.2, 0.25) is 0 Å². The first-order chi connectivity index (χ1) is 17.6. The summed E-state index contributed by atoms with van der Waals surface area (Å²) in [5, 5.41) is 7.61. The lowest BCUT2D eigenvalue weighted by atomic mass is 10.1. The average molecular weight is 528 g/mol. The topological polar surface area (TPSA) is 78.0 Å². The minimum atomic E-state index is -4.70. The van der Waals surface area contributed by atoms with Crippen molar-refractivity contribution in [3.05, 3.63) is 90.3 Å². The van der Waals surface area contributed by atoms with Crippen molar-refractivity contribution >= 4 is 23.0 Å². The number of benzene rings is 3. The van der Waals surface area contributed by atoms with E-state index < -0.39 is 6.36 Å². The molecule has 0 fully saturated rings. The zero-order valence-electron chi connectivity index (χ0n) is 20.5. The van der Waals surface area contributed by atoms with Gasteiger partial charge in [0.25, 0.3) is 0 Å². The number of rotatable bonds is 7. The largest absolute Gasteiger partial charge is 0.573 e. The van der Waals surface area contributed by atoms with Crippen LogP contribution in [0.25, 0.3) is 17.1 Å². The zero-order chi connectivity index (χ0) is 26.8. The first kappa shape index (κ1) is 27.7. The predicted octanol–water partition coefficient (Wildman–Crippen LogP) is 6.83. The van der Waals surface area contributed by atoms with Crippen molar-refractivity contribution in [1.82, 2.24) is 14.8 Å². The average Bonchev–Trinajstić information content (AvgIpc) is 3.34. The highest BCUT2D eigenvalue weighted by Gasteiger charge is 2.31. The Hall–Kier alpha value is -3.92. The third-order valence-corrected chi connectivity index (χ3v) is 5.34. The fraction of sp³-hybridized carbons (Fsp3) is 0.222. The highest BCUT2D eigenvalue weighted by Crippen LogP contribution is 2.24. The van der Waals surface area contributed by atoms with Crippen LogP contribution in [0.5, 0.6) is 5.75 Å². The van der Waals surface area contributed by atoms with Gasteiger partial charge < -0.3 is 15.8 Å². The molecule has 0 saturated heterocycles. The molecule has 0 saturated carbocycles. The molecule has 4 aromatic rings. The molecule has 0 bridgehead atoms. The number of aryl methyl sites for hydroxylation is 2. The predicted molar refractivity (Wildman–Crippen MR) is 144 cm³/mol. The highest BCUT2D eigenvalue weighted by molar-refractivity contribution is 7.80. The van der Waals surface area contributed by atoms with Gasteiger partial charge in [0.1, 0.15) is 12.1 Å². The fourth-order valence-electron chi connectivity index (χ4n) is 3.41. The van der Waals surface area contributed by atoms with Crippen molar-refractivity contribution in [2.24, 2.45) is 5.73 Å². The molecule has 3 N–H and O–H groups in total. The van der Waals surface area contributed by atoms with Gasteiger partial charge in [0, 0.05) is 11.3 Å². The molecule has 0 aliphatic carbocycles. The van der Waals surface area contributed by atoms with Crippen LogP contribution in [-0.2, 0) is 6.42 Å². The molecule has 1 aromatic heterocycles. The summed E-state index contributed by atoms with van der Waals surface area (Å²) in [5.74, 6) is 0.296. The molecule has 1 heterocycles. The van der Waals surface area contributed by atoms with E-state index in [0.717, 1.165) is 36.1 Å². The van der Waals surface area contributed by atoms with Crippen LogP contribution in [0.3, 0.4) is 0 Å². The number of hydrogen-bond acceptors (Lipinski definition) is 4. The lowest BCUT2D eigenvalue weighted by molar-refractivity contribution is -0.274. The Balaban J connectivity index is 0.000000289. The summed E-state index contributed by atoms with van der Waals surface area (Å²) in [4.78, 5) is 4.31. The molecule has 0 radical (unpaired) electrons. The van der Waals surface area contributed by atoms with Crippen LogP contribution in [-0.4, -0.2) is 26.2 Å². The van der Waals surface area contributed by atoms with Crippen molar-refractivity contribution in [3.8, 4) is 22.8 Å². The molecule has 0 atom stereocenters. The summed E-state index contributed by atoms with van der Waals surface area (Å²) in [6.07, 6.45) is 0.0902. The standard InChI is InChI=1S/C19H18F3N3O.C8H10N2S/c1-2-3-5-14-6-4-7-15(12-14)18-23-13-25(24-18)16-8-10-17(11-9-16)26-19(20,21)22;1-6-4-2-3-5-7(6)10-8(9)11/h4,6-13H,2-3,5H2,1H3;2-5H,1H3,(H3,9,10,11). The number of nitrogens with zero attached hydrogens (tertiary/aromatic N) is 3. The second kappa shape index (κ2) is 12.9. The maximum Gasteiger partial charge on any atom is 0.573 e. The van der Waals surface area contributed by atoms with Gasteiger partial charge in [0.05, 0.1) is 5.69 Å². The minimum absolute atomic E-state index is 0.273. The molecule has 3 aromatic carbocycles. The van der Waals surface area contributed by atoms with E-state index in [1.54, 1.807) is 0 Å². The van der Waals surface area contributed by atoms with Gasteiger partial charge in [0.15, 0.2) is 10.9 Å². The second-order valence-corrected chi connectivity index (χ2v) is 8.60. The summed E-state index contributed by atoms with van der Waals surface area (Å²) in [6.45, 7) is 4.15. The Morgan fingerprint density at radius 3 is 2.43 bits per heavy atom. The number of aromatic nitrogens is 3. The Morgan fingerprint density at radius 1 is 1.05 bits per heavy atom. The number of nitrogens with two attached hydrogens (primary N) is 1. The SMILES string of the molecule is CCCCc1cccc(-c2ncn(-c3ccc(OC(F)(F)F)cc3)n2)c1.Cc1ccccc1NC(N)=S. The van der Waals surface area contributed by atoms with Crippen LogP contribution in [0, 0.1) is 6.92 Å². The molecule has 194 valence electrons. The maximum absolute atomic E-state index is 12.2. The zero-order valence-corrected chi connectivity index (χ0v) is 21.3. The van der Waals surface area contributed by atoms with Crippen LogP contribution >= 0.6 is 12.2 Å². The summed E-state index contributed by atoms with van der Waals surface area (Å²) >= 11 is 4.70. The van der Waals surface area contributed by atoms with E-state index in [2.05, 4.69) is 39.2 Å². The summed E-state index contributed by atoms with van der Waals surface area (Å²) in [6, 6.07) is 21.4. The second-order valence-electron chi connectivity index (χ2n) is 8.16. The number of hydrogen-bond donors (Lipinski definition) is 2. The Bertz CT molecular complexity index is 1310. The molecule has 4 rings (SSSR count). The monoisotopic (exact) mass is 527 g/mol. The number of halogens is 3. The van der Waals surface area contributed by atoms with E-state index >= 15 is 0 Å². The van der Waals surface area contributed by atoms with E-state index in [0.29, 0.717) is 16.6 Å². The number of ether oxygens (including phenoxy) is 1. The molecular weight excluding hydrogens is 499 g/mol. The number of nitrogens with one attached hydrogen (secondary N) is 1. The molecule has 6 nitrogen and oxygen atoms in total. The van der Waals surface area contributed by atoms with Gasteiger partial charge in [-0.1, -0.05) is 49.7 Å². The number of unbranched alkanes of at least 4 members (excludes halogenated alkanes) is 1. The molecular formula is C27H28F3N5OS. The van der Waals surface area contributed by atoms with E-state index in [9.17, 15) is 13.2 Å². The normalized spacial score (nSPS) is 10.8. The Kier molecular flexibility index (Phi) is 9.62. The van der Waals surface area contributed by atoms with Gasteiger partial charge in [-0.2, -0.15) is 0 Å². The molecule has 0 aliphatic heterocycles. The number of anilines is 1. The quantitative estimate of drug-likeness (QED) is 0.257. The number of thiocarbonyl (C=S) groups is 1. The van der Waals surface area contributed by atoms with Crippen molar-refractivity contribution in [2.45, 2.75) is 39.5 Å². The van der Waals surface area contributed by atoms with Crippen LogP contribution in [0.15, 0.2) is 79.1 Å². The van der Waals surface area contributed by atoms with Gasteiger partial charge in [-0.3, -0.25) is 0 Å². The van der Waals surface area contributed by atoms with Crippen molar-refractivity contribution in [3.63, 3.8) is 0 Å². The van der Waals surface area contributed by atoms with Crippen LogP contribution < -0.4 is 15.8 Å². The summed E-state index contributed by atoms with van der Waals surface area (Å²) in [7, 11) is 0. The molecule has 0 amide bonds. The van der Waals surface area contributed by atoms with Crippen molar-refractivity contribution < 1.29 is 17.9 Å². The first-order valence-corrected chi connectivity index (χ1v) is 12.0. The van der Waals surface area contributed by atoms with Crippen LogP contribution in [0.1, 0.15) is 30.9 Å². The Morgan fingerprint density at radius 2 is 1.78 bits per heavy atom. The van der Waals surface area contributed by atoms with Gasteiger partial charge in [-0.25, -0.2) is 9.67 Å². The van der Waals surface area contributed by atoms with Crippen LogP contribution in [0.4, 0.5) is 18.9 Å². The number of alkyl halides is 3. The molecule has 0 aliphatic rings. The van der Waals surface area contributed by atoms with Gasteiger partial charge in [-0.15, -0.1) is 18.3 Å². The smallest absolute Gasteiger partial charge is 0.406 e. The van der Waals surface area contributed by atoms with E-state index in [4.69, 9.17) is 18.0 Å². The first-order valence-electron chi connectivity index (χ1n) is 11.6. The van der Waals surface area contributed by atoms with E-state index in [-0.39, 0.29) is 5.75 Å². The van der Waals surface area contributed by atoms with Gasteiger partial charge in [-0.05, 0) is 79.5 Å². The van der Waals surface area contributed by atoms with Crippen molar-refractivity contribution in [1.29, 1.82) is 0 Å². The third kappa shape index (κ3) is 8.91. The maximum atomic E-state index is 12.2. The van der Waals surface area contributed by atoms with Gasteiger partial charge >= 0.3 is 6.36 Å². The van der Waals surface area contributed by atoms with Crippen molar-refractivity contribution in [2.75, 3.05) is 5.32 Å². The minimum Gasteiger partial charge on any atom is -0.406 e. The Labute approximate surface area is 219 Å². The van der Waals surface area contributed by atoms with Crippen LogP contribution in [0.2, 0.25) is 0 Å². The summed E-state index contributed by atoms with van der Waals surface area (Å²) in [5.41, 5.74) is 10.2. The molecule has 0 unspecified atom stereocenters. The molecule has 0 spiro atoms. The fourth-order valence-corrected chi connectivity index (χ4v) is 3.52. The van der Waals surface area contributed by atoms with E-state index in [1.165, 1.54) is 40.8 Å². The molecule has 37 heavy (non-hydrogen) atoms.